The van der Waals surface area contributed by atoms with E-state index in [9.17, 15) is 4.79 Å². The highest BCUT2D eigenvalue weighted by Gasteiger charge is 2.39. The van der Waals surface area contributed by atoms with E-state index in [4.69, 9.17) is 5.73 Å². The summed E-state index contributed by atoms with van der Waals surface area (Å²) in [6.07, 6.45) is 4.03. The Labute approximate surface area is 88.9 Å². The van der Waals surface area contributed by atoms with E-state index in [2.05, 4.69) is 4.98 Å². The molecule has 1 aliphatic heterocycles. The maximum Gasteiger partial charge on any atom is 0.224 e. The second kappa shape index (κ2) is 3.66. The van der Waals surface area contributed by atoms with Gasteiger partial charge in [-0.2, -0.15) is 0 Å². The Hall–Kier alpha value is -1.36. The molecule has 2 atom stereocenters. The molecular formula is C10H16N4O. The number of imidazole rings is 1. The summed E-state index contributed by atoms with van der Waals surface area (Å²) in [4.78, 5) is 17.7. The molecule has 1 amide bonds. The summed E-state index contributed by atoms with van der Waals surface area (Å²) in [5, 5.41) is 0. The number of rotatable bonds is 2. The van der Waals surface area contributed by atoms with Crippen LogP contribution in [-0.4, -0.2) is 32.9 Å². The van der Waals surface area contributed by atoms with Crippen LogP contribution in [-0.2, 0) is 11.8 Å². The summed E-state index contributed by atoms with van der Waals surface area (Å²) >= 11 is 0. The van der Waals surface area contributed by atoms with Crippen LogP contribution in [0.4, 0.5) is 0 Å². The molecule has 0 bridgehead atoms. The van der Waals surface area contributed by atoms with Crippen molar-refractivity contribution >= 4 is 5.91 Å². The van der Waals surface area contributed by atoms with Gasteiger partial charge in [-0.1, -0.05) is 0 Å². The number of aryl methyl sites for hydroxylation is 1. The summed E-state index contributed by atoms with van der Waals surface area (Å²) < 4.78 is 1.92. The fourth-order valence-corrected chi connectivity index (χ4v) is 2.18. The van der Waals surface area contributed by atoms with Crippen molar-refractivity contribution in [1.29, 1.82) is 0 Å². The Morgan fingerprint density at radius 2 is 2.40 bits per heavy atom. The van der Waals surface area contributed by atoms with Crippen LogP contribution >= 0.6 is 0 Å². The first-order chi connectivity index (χ1) is 7.15. The molecule has 2 rings (SSSR count). The monoisotopic (exact) mass is 208 g/mol. The van der Waals surface area contributed by atoms with Gasteiger partial charge >= 0.3 is 0 Å². The Balaban J connectivity index is 2.35. The third kappa shape index (κ3) is 1.52. The predicted octanol–water partition coefficient (Wildman–Crippen LogP) is 0.0407. The Morgan fingerprint density at radius 3 is 2.93 bits per heavy atom. The van der Waals surface area contributed by atoms with E-state index < -0.39 is 0 Å². The maximum atomic E-state index is 11.6. The fraction of sp³-hybridized carbons (Fsp3) is 0.600. The van der Waals surface area contributed by atoms with Crippen molar-refractivity contribution in [2.45, 2.75) is 25.4 Å². The lowest BCUT2D eigenvalue weighted by Gasteiger charge is -2.24. The molecular weight excluding hydrogens is 192 g/mol. The van der Waals surface area contributed by atoms with Crippen LogP contribution < -0.4 is 5.73 Å². The van der Waals surface area contributed by atoms with Gasteiger partial charge in [0.15, 0.2) is 0 Å². The van der Waals surface area contributed by atoms with E-state index >= 15 is 0 Å². The first-order valence-electron chi connectivity index (χ1n) is 5.17. The number of nitrogens with two attached hydrogens (primary N) is 1. The van der Waals surface area contributed by atoms with Crippen molar-refractivity contribution in [3.05, 3.63) is 18.2 Å². The van der Waals surface area contributed by atoms with E-state index in [0.29, 0.717) is 13.0 Å². The quantitative estimate of drug-likeness (QED) is 0.746. The molecule has 1 aromatic rings. The lowest BCUT2D eigenvalue weighted by molar-refractivity contribution is -0.128. The van der Waals surface area contributed by atoms with E-state index in [1.54, 1.807) is 11.1 Å². The standard InChI is InChI=1S/C10H16N4O/c1-3-14-8(15)6-7(11)9(14)10-12-4-5-13(10)2/h4-5,7,9H,3,6,11H2,1-2H3/t7-,9-/m0/s1. The van der Waals surface area contributed by atoms with Crippen molar-refractivity contribution in [2.24, 2.45) is 12.8 Å². The Morgan fingerprint density at radius 1 is 1.67 bits per heavy atom. The number of amides is 1. The van der Waals surface area contributed by atoms with Crippen LogP contribution in [0, 0.1) is 0 Å². The third-order valence-electron chi connectivity index (χ3n) is 2.94. The van der Waals surface area contributed by atoms with Crippen LogP contribution in [0.25, 0.3) is 0 Å². The predicted molar refractivity (Wildman–Crippen MR) is 55.9 cm³/mol. The molecule has 1 aliphatic rings. The van der Waals surface area contributed by atoms with Crippen molar-refractivity contribution in [1.82, 2.24) is 14.5 Å². The lowest BCUT2D eigenvalue weighted by Crippen LogP contribution is -2.34. The average Bonchev–Trinajstić information content (AvgIpc) is 2.70. The number of carbonyl (C=O) groups excluding carboxylic acids is 1. The molecule has 5 nitrogen and oxygen atoms in total. The molecule has 0 saturated carbocycles. The number of hydrogen-bond acceptors (Lipinski definition) is 3. The van der Waals surface area contributed by atoms with Gasteiger partial charge in [0.25, 0.3) is 0 Å². The van der Waals surface area contributed by atoms with Crippen LogP contribution in [0.1, 0.15) is 25.2 Å². The Bertz CT molecular complexity index is 373. The van der Waals surface area contributed by atoms with Gasteiger partial charge in [-0.25, -0.2) is 4.98 Å². The summed E-state index contributed by atoms with van der Waals surface area (Å²) in [5.41, 5.74) is 5.98. The summed E-state index contributed by atoms with van der Waals surface area (Å²) in [7, 11) is 1.92. The summed E-state index contributed by atoms with van der Waals surface area (Å²) in [6.45, 7) is 2.65. The summed E-state index contributed by atoms with van der Waals surface area (Å²) in [5.74, 6) is 0.994. The normalized spacial score (nSPS) is 26.3. The molecule has 0 spiro atoms. The molecule has 82 valence electrons. The molecule has 0 aromatic carbocycles. The van der Waals surface area contributed by atoms with Gasteiger partial charge in [-0.05, 0) is 6.92 Å². The molecule has 0 unspecified atom stereocenters. The van der Waals surface area contributed by atoms with Crippen LogP contribution in [0.15, 0.2) is 12.4 Å². The van der Waals surface area contributed by atoms with Gasteiger partial charge in [-0.3, -0.25) is 4.79 Å². The molecule has 2 N–H and O–H groups in total. The SMILES string of the molecule is CCN1C(=O)C[C@H](N)[C@H]1c1nccn1C. The minimum atomic E-state index is -0.140. The topological polar surface area (TPSA) is 64.2 Å². The first kappa shape index (κ1) is 10.2. The smallest absolute Gasteiger partial charge is 0.224 e. The minimum absolute atomic E-state index is 0.0671. The molecule has 1 saturated heterocycles. The molecule has 1 aromatic heterocycles. The third-order valence-corrected chi connectivity index (χ3v) is 2.94. The summed E-state index contributed by atoms with van der Waals surface area (Å²) in [6, 6.07) is -0.207. The fourth-order valence-electron chi connectivity index (χ4n) is 2.18. The lowest BCUT2D eigenvalue weighted by atomic mass is 10.1. The number of aromatic nitrogens is 2. The number of nitrogens with zero attached hydrogens (tertiary/aromatic N) is 3. The molecule has 1 fully saturated rings. The molecule has 0 radical (unpaired) electrons. The Kier molecular flexibility index (Phi) is 2.48. The van der Waals surface area contributed by atoms with Crippen LogP contribution in [0.2, 0.25) is 0 Å². The second-order valence-electron chi connectivity index (χ2n) is 3.89. The second-order valence-corrected chi connectivity index (χ2v) is 3.89. The maximum absolute atomic E-state index is 11.6. The van der Waals surface area contributed by atoms with Crippen molar-refractivity contribution in [3.8, 4) is 0 Å². The van der Waals surface area contributed by atoms with Gasteiger partial charge in [0.2, 0.25) is 5.91 Å². The largest absolute Gasteiger partial charge is 0.336 e. The van der Waals surface area contributed by atoms with E-state index in [1.165, 1.54) is 0 Å². The van der Waals surface area contributed by atoms with Gasteiger partial charge in [0.05, 0.1) is 0 Å². The van der Waals surface area contributed by atoms with Gasteiger partial charge in [-0.15, -0.1) is 0 Å². The van der Waals surface area contributed by atoms with E-state index in [-0.39, 0.29) is 18.0 Å². The van der Waals surface area contributed by atoms with E-state index in [0.717, 1.165) is 5.82 Å². The zero-order valence-corrected chi connectivity index (χ0v) is 9.05. The number of likely N-dealkylation sites (tertiary alicyclic amines) is 1. The van der Waals surface area contributed by atoms with Crippen molar-refractivity contribution in [2.75, 3.05) is 6.54 Å². The van der Waals surface area contributed by atoms with Gasteiger partial charge in [0.1, 0.15) is 11.9 Å². The first-order valence-corrected chi connectivity index (χ1v) is 5.17. The zero-order chi connectivity index (χ0) is 11.0. The highest BCUT2D eigenvalue weighted by atomic mass is 16.2. The highest BCUT2D eigenvalue weighted by molar-refractivity contribution is 5.80. The van der Waals surface area contributed by atoms with Crippen LogP contribution in [0.3, 0.4) is 0 Å². The number of hydrogen-bond donors (Lipinski definition) is 1. The molecule has 2 heterocycles. The van der Waals surface area contributed by atoms with E-state index in [1.807, 2.05) is 24.7 Å². The highest BCUT2D eigenvalue weighted by Crippen LogP contribution is 2.30. The van der Waals surface area contributed by atoms with Crippen molar-refractivity contribution < 1.29 is 4.79 Å². The van der Waals surface area contributed by atoms with Crippen LogP contribution in [0.5, 0.6) is 0 Å². The minimum Gasteiger partial charge on any atom is -0.336 e. The van der Waals surface area contributed by atoms with Gasteiger partial charge in [0, 0.05) is 38.4 Å². The number of likely N-dealkylation sites (N-methyl/N-ethyl adjacent to an activating group) is 1. The molecule has 5 heteroatoms. The van der Waals surface area contributed by atoms with Gasteiger partial charge < -0.3 is 15.2 Å². The molecule has 15 heavy (non-hydrogen) atoms. The zero-order valence-electron chi connectivity index (χ0n) is 9.05. The van der Waals surface area contributed by atoms with Crippen molar-refractivity contribution in [3.63, 3.8) is 0 Å². The molecule has 0 aliphatic carbocycles. The average molecular weight is 208 g/mol. The number of carbonyl (C=O) groups is 1.